The Morgan fingerprint density at radius 3 is 2.44 bits per heavy atom. The van der Waals surface area contributed by atoms with Gasteiger partial charge in [0.05, 0.1) is 0 Å². The van der Waals surface area contributed by atoms with Crippen LogP contribution in [0.5, 0.6) is 0 Å². The number of nitrogen functional groups attached to an aromatic ring is 1. The molecule has 1 aromatic rings. The fourth-order valence-electron chi connectivity index (χ4n) is 2.39. The Hall–Kier alpha value is -0.580. The third-order valence-electron chi connectivity index (χ3n) is 3.64. The minimum absolute atomic E-state index is 0.657. The molecule has 100 valence electrons. The summed E-state index contributed by atoms with van der Waals surface area (Å²) in [5, 5.41) is 0. The molecule has 2 rings (SSSR count). The third-order valence-corrected chi connectivity index (χ3v) is 4.13. The molecule has 1 aliphatic rings. The standard InChI is InChI=1S/C14H22BrN3/c1-11(2)18-7-5-17(6-8-18)10-12-3-4-13(15)9-14(12)16/h3-4,9,11H,5-8,10,16H2,1-2H3. The summed E-state index contributed by atoms with van der Waals surface area (Å²) in [6, 6.07) is 6.83. The van der Waals surface area contributed by atoms with Crippen LogP contribution in [-0.2, 0) is 6.54 Å². The number of anilines is 1. The molecule has 0 saturated carbocycles. The van der Waals surface area contributed by atoms with Gasteiger partial charge in [-0.05, 0) is 31.5 Å². The highest BCUT2D eigenvalue weighted by atomic mass is 79.9. The van der Waals surface area contributed by atoms with Crippen molar-refractivity contribution in [1.82, 2.24) is 9.80 Å². The molecule has 1 heterocycles. The van der Waals surface area contributed by atoms with Gasteiger partial charge in [0.2, 0.25) is 0 Å². The average Bonchev–Trinajstić information content (AvgIpc) is 2.33. The molecular formula is C14H22BrN3. The van der Waals surface area contributed by atoms with Crippen LogP contribution in [0.25, 0.3) is 0 Å². The van der Waals surface area contributed by atoms with Crippen molar-refractivity contribution in [1.29, 1.82) is 0 Å². The molecule has 3 nitrogen and oxygen atoms in total. The van der Waals surface area contributed by atoms with Gasteiger partial charge in [0, 0.05) is 48.9 Å². The molecule has 0 radical (unpaired) electrons. The van der Waals surface area contributed by atoms with E-state index in [1.807, 2.05) is 6.07 Å². The molecule has 1 fully saturated rings. The summed E-state index contributed by atoms with van der Waals surface area (Å²) >= 11 is 3.44. The molecule has 18 heavy (non-hydrogen) atoms. The van der Waals surface area contributed by atoms with Crippen molar-refractivity contribution in [3.8, 4) is 0 Å². The first kappa shape index (κ1) is 13.8. The second-order valence-corrected chi connectivity index (χ2v) is 6.16. The van der Waals surface area contributed by atoms with E-state index in [9.17, 15) is 0 Å². The zero-order valence-corrected chi connectivity index (χ0v) is 12.8. The van der Waals surface area contributed by atoms with E-state index < -0.39 is 0 Å². The van der Waals surface area contributed by atoms with E-state index in [1.54, 1.807) is 0 Å². The van der Waals surface area contributed by atoms with E-state index in [1.165, 1.54) is 5.56 Å². The topological polar surface area (TPSA) is 32.5 Å². The number of rotatable bonds is 3. The summed E-state index contributed by atoms with van der Waals surface area (Å²) < 4.78 is 1.05. The lowest BCUT2D eigenvalue weighted by Crippen LogP contribution is -2.48. The van der Waals surface area contributed by atoms with Crippen molar-refractivity contribution < 1.29 is 0 Å². The molecule has 0 unspecified atom stereocenters. The Labute approximate surface area is 118 Å². The summed E-state index contributed by atoms with van der Waals surface area (Å²) in [5.74, 6) is 0. The second kappa shape index (κ2) is 6.04. The highest BCUT2D eigenvalue weighted by Crippen LogP contribution is 2.20. The zero-order valence-electron chi connectivity index (χ0n) is 11.2. The van der Waals surface area contributed by atoms with E-state index >= 15 is 0 Å². The Morgan fingerprint density at radius 2 is 1.89 bits per heavy atom. The van der Waals surface area contributed by atoms with E-state index in [0.29, 0.717) is 6.04 Å². The summed E-state index contributed by atoms with van der Waals surface area (Å²) in [4.78, 5) is 5.01. The number of nitrogens with two attached hydrogens (primary N) is 1. The fourth-order valence-corrected chi connectivity index (χ4v) is 2.77. The minimum atomic E-state index is 0.657. The lowest BCUT2D eigenvalue weighted by Gasteiger charge is -2.37. The molecule has 2 N–H and O–H groups in total. The van der Waals surface area contributed by atoms with Gasteiger partial charge in [-0.2, -0.15) is 0 Å². The van der Waals surface area contributed by atoms with Crippen molar-refractivity contribution in [2.75, 3.05) is 31.9 Å². The van der Waals surface area contributed by atoms with Crippen molar-refractivity contribution in [3.05, 3.63) is 28.2 Å². The summed E-state index contributed by atoms with van der Waals surface area (Å²) in [6.07, 6.45) is 0. The van der Waals surface area contributed by atoms with Crippen molar-refractivity contribution >= 4 is 21.6 Å². The molecule has 0 amide bonds. The predicted octanol–water partition coefficient (Wildman–Crippen LogP) is 2.56. The Balaban J connectivity index is 1.91. The van der Waals surface area contributed by atoms with Crippen LogP contribution < -0.4 is 5.73 Å². The van der Waals surface area contributed by atoms with Crippen LogP contribution in [0.1, 0.15) is 19.4 Å². The molecule has 1 saturated heterocycles. The monoisotopic (exact) mass is 311 g/mol. The number of piperazine rings is 1. The lowest BCUT2D eigenvalue weighted by atomic mass is 10.1. The maximum absolute atomic E-state index is 6.05. The minimum Gasteiger partial charge on any atom is -0.398 e. The van der Waals surface area contributed by atoms with E-state index in [-0.39, 0.29) is 0 Å². The predicted molar refractivity (Wildman–Crippen MR) is 80.5 cm³/mol. The first-order valence-electron chi connectivity index (χ1n) is 6.56. The number of hydrogen-bond acceptors (Lipinski definition) is 3. The first-order valence-corrected chi connectivity index (χ1v) is 7.36. The van der Waals surface area contributed by atoms with Gasteiger partial charge in [-0.15, -0.1) is 0 Å². The van der Waals surface area contributed by atoms with Gasteiger partial charge in [0.15, 0.2) is 0 Å². The van der Waals surface area contributed by atoms with Gasteiger partial charge in [0.1, 0.15) is 0 Å². The SMILES string of the molecule is CC(C)N1CCN(Cc2ccc(Br)cc2N)CC1. The number of hydrogen-bond donors (Lipinski definition) is 1. The molecule has 1 aromatic carbocycles. The molecule has 0 atom stereocenters. The Morgan fingerprint density at radius 1 is 1.22 bits per heavy atom. The zero-order chi connectivity index (χ0) is 13.1. The van der Waals surface area contributed by atoms with Crippen molar-refractivity contribution in [3.63, 3.8) is 0 Å². The largest absolute Gasteiger partial charge is 0.398 e. The molecule has 0 aliphatic carbocycles. The molecule has 1 aliphatic heterocycles. The first-order chi connectivity index (χ1) is 8.56. The Kier molecular flexibility index (Phi) is 4.65. The Bertz CT molecular complexity index is 398. The van der Waals surface area contributed by atoms with Crippen LogP contribution in [0, 0.1) is 0 Å². The van der Waals surface area contributed by atoms with Crippen LogP contribution in [-0.4, -0.2) is 42.0 Å². The van der Waals surface area contributed by atoms with Crippen LogP contribution >= 0.6 is 15.9 Å². The van der Waals surface area contributed by atoms with Crippen LogP contribution in [0.2, 0.25) is 0 Å². The van der Waals surface area contributed by atoms with E-state index in [0.717, 1.165) is 42.9 Å². The average molecular weight is 312 g/mol. The van der Waals surface area contributed by atoms with Crippen LogP contribution in [0.15, 0.2) is 22.7 Å². The van der Waals surface area contributed by atoms with Gasteiger partial charge in [-0.25, -0.2) is 0 Å². The quantitative estimate of drug-likeness (QED) is 0.871. The van der Waals surface area contributed by atoms with Gasteiger partial charge in [0.25, 0.3) is 0 Å². The number of halogens is 1. The molecule has 0 bridgehead atoms. The fraction of sp³-hybridized carbons (Fsp3) is 0.571. The summed E-state index contributed by atoms with van der Waals surface area (Å²) in [5.41, 5.74) is 8.16. The summed E-state index contributed by atoms with van der Waals surface area (Å²) in [6.45, 7) is 10.1. The van der Waals surface area contributed by atoms with Crippen LogP contribution in [0.3, 0.4) is 0 Å². The number of nitrogens with zero attached hydrogens (tertiary/aromatic N) is 2. The third kappa shape index (κ3) is 3.46. The maximum atomic E-state index is 6.05. The van der Waals surface area contributed by atoms with Crippen molar-refractivity contribution in [2.45, 2.75) is 26.4 Å². The van der Waals surface area contributed by atoms with E-state index in [2.05, 4.69) is 51.7 Å². The maximum Gasteiger partial charge on any atom is 0.0371 e. The molecule has 0 aromatic heterocycles. The lowest BCUT2D eigenvalue weighted by molar-refractivity contribution is 0.104. The highest BCUT2D eigenvalue weighted by molar-refractivity contribution is 9.10. The highest BCUT2D eigenvalue weighted by Gasteiger charge is 2.19. The smallest absolute Gasteiger partial charge is 0.0371 e. The molecule has 4 heteroatoms. The molecule has 0 spiro atoms. The van der Waals surface area contributed by atoms with Gasteiger partial charge < -0.3 is 5.73 Å². The van der Waals surface area contributed by atoms with Crippen LogP contribution in [0.4, 0.5) is 5.69 Å². The van der Waals surface area contributed by atoms with Crippen molar-refractivity contribution in [2.24, 2.45) is 0 Å². The normalized spacial score (nSPS) is 18.4. The number of benzene rings is 1. The van der Waals surface area contributed by atoms with Gasteiger partial charge >= 0.3 is 0 Å². The van der Waals surface area contributed by atoms with E-state index in [4.69, 9.17) is 5.73 Å². The van der Waals surface area contributed by atoms with Gasteiger partial charge in [-0.3, -0.25) is 9.80 Å². The molecular weight excluding hydrogens is 290 g/mol. The van der Waals surface area contributed by atoms with Gasteiger partial charge in [-0.1, -0.05) is 22.0 Å². The second-order valence-electron chi connectivity index (χ2n) is 5.25. The summed E-state index contributed by atoms with van der Waals surface area (Å²) in [7, 11) is 0.